The molecule has 0 fully saturated rings. The van der Waals surface area contributed by atoms with Crippen LogP contribution in [-0.2, 0) is 4.87 Å². The molecule has 1 atom stereocenters. The number of nitriles is 1. The summed E-state index contributed by atoms with van der Waals surface area (Å²) in [7, 11) is 0. The van der Waals surface area contributed by atoms with Crippen molar-refractivity contribution in [2.24, 2.45) is 0 Å². The second-order valence-electron chi connectivity index (χ2n) is 2.90. The molecule has 2 heteroatoms. The van der Waals surface area contributed by atoms with Gasteiger partial charge in [-0.3, -0.25) is 0 Å². The summed E-state index contributed by atoms with van der Waals surface area (Å²) in [5.74, 6) is 0. The van der Waals surface area contributed by atoms with Gasteiger partial charge in [0.2, 0.25) is 0 Å². The molecule has 0 saturated heterocycles. The lowest BCUT2D eigenvalue weighted by Crippen LogP contribution is -2.11. The Labute approximate surface area is 77.6 Å². The number of hydrogen-bond donors (Lipinski definition) is 0. The van der Waals surface area contributed by atoms with Crippen LogP contribution in [0.3, 0.4) is 0 Å². The van der Waals surface area contributed by atoms with Crippen molar-refractivity contribution >= 4 is 11.6 Å². The summed E-state index contributed by atoms with van der Waals surface area (Å²) in [5, 5.41) is 8.53. The summed E-state index contributed by atoms with van der Waals surface area (Å²) < 4.78 is 0. The molecule has 0 aromatic heterocycles. The second-order valence-corrected chi connectivity index (χ2v) is 3.73. The summed E-state index contributed by atoms with van der Waals surface area (Å²) in [6.07, 6.45) is 0.332. The molecule has 0 aliphatic heterocycles. The van der Waals surface area contributed by atoms with E-state index in [1.165, 1.54) is 0 Å². The van der Waals surface area contributed by atoms with Gasteiger partial charge in [0.25, 0.3) is 0 Å². The first-order valence-electron chi connectivity index (χ1n) is 3.78. The molecule has 0 N–H and O–H groups in total. The minimum Gasteiger partial charge on any atom is -0.198 e. The molecule has 1 aromatic rings. The quantitative estimate of drug-likeness (QED) is 0.641. The zero-order valence-electron chi connectivity index (χ0n) is 6.92. The van der Waals surface area contributed by atoms with Gasteiger partial charge in [0.1, 0.15) is 0 Å². The van der Waals surface area contributed by atoms with Crippen LogP contribution in [0.15, 0.2) is 30.3 Å². The number of nitrogens with zero attached hydrogens (tertiary/aromatic N) is 1. The minimum absolute atomic E-state index is 0.332. The van der Waals surface area contributed by atoms with E-state index in [4.69, 9.17) is 16.9 Å². The van der Waals surface area contributed by atoms with Gasteiger partial charge in [-0.25, -0.2) is 0 Å². The first-order valence-corrected chi connectivity index (χ1v) is 4.16. The molecule has 1 rings (SSSR count). The summed E-state index contributed by atoms with van der Waals surface area (Å²) in [5.41, 5.74) is 0.994. The summed E-state index contributed by atoms with van der Waals surface area (Å²) in [6, 6.07) is 11.7. The van der Waals surface area contributed by atoms with Gasteiger partial charge in [-0.2, -0.15) is 5.26 Å². The normalized spacial score (nSPS) is 14.8. The standard InChI is InChI=1S/C10H10ClN/c1-10(11,7-8-12)9-5-3-2-4-6-9/h2-6H,7H2,1H3. The van der Waals surface area contributed by atoms with Crippen LogP contribution in [0.1, 0.15) is 18.9 Å². The first-order chi connectivity index (χ1) is 5.67. The molecule has 1 nitrogen and oxygen atoms in total. The van der Waals surface area contributed by atoms with E-state index in [9.17, 15) is 0 Å². The van der Waals surface area contributed by atoms with Crippen LogP contribution >= 0.6 is 11.6 Å². The Morgan fingerprint density at radius 2 is 2.00 bits per heavy atom. The van der Waals surface area contributed by atoms with E-state index in [0.29, 0.717) is 6.42 Å². The molecular weight excluding hydrogens is 170 g/mol. The maximum atomic E-state index is 8.53. The predicted octanol–water partition coefficient (Wildman–Crippen LogP) is 3.05. The van der Waals surface area contributed by atoms with E-state index in [2.05, 4.69) is 6.07 Å². The third kappa shape index (κ3) is 1.99. The van der Waals surface area contributed by atoms with Crippen molar-refractivity contribution < 1.29 is 0 Å². The van der Waals surface area contributed by atoms with Gasteiger partial charge < -0.3 is 0 Å². The van der Waals surface area contributed by atoms with Gasteiger partial charge in [0, 0.05) is 0 Å². The fourth-order valence-electron chi connectivity index (χ4n) is 1.04. The third-order valence-electron chi connectivity index (χ3n) is 1.79. The van der Waals surface area contributed by atoms with Crippen molar-refractivity contribution in [3.05, 3.63) is 35.9 Å². The van der Waals surface area contributed by atoms with E-state index in [1.807, 2.05) is 37.3 Å². The molecule has 0 spiro atoms. The number of benzene rings is 1. The minimum atomic E-state index is -0.546. The maximum absolute atomic E-state index is 8.53. The van der Waals surface area contributed by atoms with Crippen molar-refractivity contribution in [2.45, 2.75) is 18.2 Å². The molecule has 0 heterocycles. The molecular formula is C10H10ClN. The number of halogens is 1. The van der Waals surface area contributed by atoms with Gasteiger partial charge in [-0.1, -0.05) is 30.3 Å². The summed E-state index contributed by atoms with van der Waals surface area (Å²) in [6.45, 7) is 1.85. The Kier molecular flexibility index (Phi) is 2.73. The van der Waals surface area contributed by atoms with Crippen LogP contribution < -0.4 is 0 Å². The predicted molar refractivity (Wildman–Crippen MR) is 49.9 cm³/mol. The molecule has 0 amide bonds. The maximum Gasteiger partial charge on any atom is 0.0796 e. The SMILES string of the molecule is CC(Cl)(CC#N)c1ccccc1. The molecule has 0 saturated carbocycles. The van der Waals surface area contributed by atoms with Crippen molar-refractivity contribution in [3.8, 4) is 6.07 Å². The first kappa shape index (κ1) is 9.09. The highest BCUT2D eigenvalue weighted by atomic mass is 35.5. The van der Waals surface area contributed by atoms with Gasteiger partial charge in [0.05, 0.1) is 17.4 Å². The molecule has 0 aliphatic carbocycles. The van der Waals surface area contributed by atoms with Crippen LogP contribution in [0.4, 0.5) is 0 Å². The van der Waals surface area contributed by atoms with Crippen LogP contribution in [0.2, 0.25) is 0 Å². The number of alkyl halides is 1. The largest absolute Gasteiger partial charge is 0.198 e. The average Bonchev–Trinajstić information content (AvgIpc) is 2.06. The highest BCUT2D eigenvalue weighted by molar-refractivity contribution is 6.23. The Morgan fingerprint density at radius 3 is 2.50 bits per heavy atom. The number of hydrogen-bond acceptors (Lipinski definition) is 1. The third-order valence-corrected chi connectivity index (χ3v) is 2.14. The fraction of sp³-hybridized carbons (Fsp3) is 0.300. The van der Waals surface area contributed by atoms with E-state index in [1.54, 1.807) is 0 Å². The Balaban J connectivity index is 2.91. The molecule has 12 heavy (non-hydrogen) atoms. The van der Waals surface area contributed by atoms with Gasteiger partial charge in [0.15, 0.2) is 0 Å². The smallest absolute Gasteiger partial charge is 0.0796 e. The topological polar surface area (TPSA) is 23.8 Å². The van der Waals surface area contributed by atoms with E-state index < -0.39 is 4.87 Å². The van der Waals surface area contributed by atoms with Crippen LogP contribution in [0, 0.1) is 11.3 Å². The van der Waals surface area contributed by atoms with E-state index in [0.717, 1.165) is 5.56 Å². The molecule has 0 bridgehead atoms. The van der Waals surface area contributed by atoms with Gasteiger partial charge in [-0.15, -0.1) is 11.6 Å². The summed E-state index contributed by atoms with van der Waals surface area (Å²) in [4.78, 5) is -0.546. The van der Waals surface area contributed by atoms with Crippen LogP contribution in [-0.4, -0.2) is 0 Å². The molecule has 62 valence electrons. The highest BCUT2D eigenvalue weighted by Gasteiger charge is 2.22. The van der Waals surface area contributed by atoms with Gasteiger partial charge >= 0.3 is 0 Å². The Morgan fingerprint density at radius 1 is 1.42 bits per heavy atom. The van der Waals surface area contributed by atoms with E-state index in [-0.39, 0.29) is 0 Å². The lowest BCUT2D eigenvalue weighted by molar-refractivity contribution is 0.698. The molecule has 0 radical (unpaired) electrons. The van der Waals surface area contributed by atoms with Crippen LogP contribution in [0.5, 0.6) is 0 Å². The van der Waals surface area contributed by atoms with E-state index >= 15 is 0 Å². The lowest BCUT2D eigenvalue weighted by Gasteiger charge is -2.18. The van der Waals surface area contributed by atoms with Crippen LogP contribution in [0.25, 0.3) is 0 Å². The summed E-state index contributed by atoms with van der Waals surface area (Å²) >= 11 is 6.14. The fourth-order valence-corrected chi connectivity index (χ4v) is 1.22. The zero-order chi connectivity index (χ0) is 9.03. The Bertz CT molecular complexity index is 284. The Hall–Kier alpha value is -1.00. The van der Waals surface area contributed by atoms with Crippen molar-refractivity contribution in [3.63, 3.8) is 0 Å². The molecule has 1 unspecified atom stereocenters. The number of rotatable bonds is 2. The molecule has 1 aromatic carbocycles. The average molecular weight is 180 g/mol. The van der Waals surface area contributed by atoms with Crippen molar-refractivity contribution in [1.29, 1.82) is 5.26 Å². The lowest BCUT2D eigenvalue weighted by atomic mass is 9.98. The van der Waals surface area contributed by atoms with Gasteiger partial charge in [-0.05, 0) is 12.5 Å². The molecule has 0 aliphatic rings. The van der Waals surface area contributed by atoms with Crippen molar-refractivity contribution in [2.75, 3.05) is 0 Å². The monoisotopic (exact) mass is 179 g/mol. The zero-order valence-corrected chi connectivity index (χ0v) is 7.67. The second kappa shape index (κ2) is 3.60. The highest BCUT2D eigenvalue weighted by Crippen LogP contribution is 2.31. The van der Waals surface area contributed by atoms with Crippen molar-refractivity contribution in [1.82, 2.24) is 0 Å².